The van der Waals surface area contributed by atoms with E-state index >= 15 is 0 Å². The number of halogens is 1. The number of hydrogen-bond acceptors (Lipinski definition) is 4. The number of fused-ring (bicyclic) bond motifs is 1. The van der Waals surface area contributed by atoms with Crippen LogP contribution >= 0.6 is 11.8 Å². The van der Waals surface area contributed by atoms with Crippen LogP contribution in [0.15, 0.2) is 72.1 Å². The zero-order valence-corrected chi connectivity index (χ0v) is 21.5. The fourth-order valence-electron chi connectivity index (χ4n) is 4.97. The van der Waals surface area contributed by atoms with Gasteiger partial charge in [0.1, 0.15) is 5.82 Å². The van der Waals surface area contributed by atoms with Crippen LogP contribution in [-0.2, 0) is 12.3 Å². The minimum absolute atomic E-state index is 0.00420. The Bertz CT molecular complexity index is 1350. The zero-order chi connectivity index (χ0) is 25.1. The van der Waals surface area contributed by atoms with Crippen LogP contribution in [0.1, 0.15) is 54.6 Å². The van der Waals surface area contributed by atoms with Gasteiger partial charge < -0.3 is 9.88 Å². The predicted molar refractivity (Wildman–Crippen MR) is 142 cm³/mol. The van der Waals surface area contributed by atoms with E-state index in [2.05, 4.69) is 28.7 Å². The first kappa shape index (κ1) is 24.5. The maximum absolute atomic E-state index is 13.8. The van der Waals surface area contributed by atoms with E-state index in [-0.39, 0.29) is 17.8 Å². The van der Waals surface area contributed by atoms with E-state index in [1.807, 2.05) is 36.4 Å². The number of nitrogens with one attached hydrogen (secondary N) is 1. The lowest BCUT2D eigenvalue weighted by Gasteiger charge is -2.34. The highest BCUT2D eigenvalue weighted by Gasteiger charge is 2.28. The quantitative estimate of drug-likeness (QED) is 0.295. The summed E-state index contributed by atoms with van der Waals surface area (Å²) in [5.41, 5.74) is 4.46. The molecule has 2 aromatic carbocycles. The first-order valence-corrected chi connectivity index (χ1v) is 13.5. The van der Waals surface area contributed by atoms with E-state index in [4.69, 9.17) is 4.98 Å². The van der Waals surface area contributed by atoms with Crippen molar-refractivity contribution in [3.63, 3.8) is 0 Å². The summed E-state index contributed by atoms with van der Waals surface area (Å²) in [6.45, 7) is 5.03. The highest BCUT2D eigenvalue weighted by Crippen LogP contribution is 2.30. The Morgan fingerprint density at radius 1 is 1.11 bits per heavy atom. The van der Waals surface area contributed by atoms with E-state index in [0.29, 0.717) is 29.7 Å². The number of benzene rings is 2. The highest BCUT2D eigenvalue weighted by atomic mass is 32.2. The van der Waals surface area contributed by atoms with Gasteiger partial charge in [-0.1, -0.05) is 62.7 Å². The Kier molecular flexibility index (Phi) is 7.37. The lowest BCUT2D eigenvalue weighted by Crippen LogP contribution is -2.43. The van der Waals surface area contributed by atoms with Gasteiger partial charge in [-0.2, -0.15) is 0 Å². The minimum Gasteiger partial charge on any atom is -0.349 e. The molecule has 0 saturated heterocycles. The molecule has 1 aliphatic rings. The van der Waals surface area contributed by atoms with E-state index in [0.717, 1.165) is 33.7 Å². The standard InChI is InChI=1S/C29H31FN4OS/c1-19-5-3-8-25(20(19)2)32-28(35)23-11-9-21(10-12-23)18-36-29-33-26-13-14-31-16-27(26)34(29)17-22-6-4-7-24(30)15-22/h4,6-7,9-16,19-20,25H,3,5,8,17-18H2,1-2H3,(H,32,35)/t19-,20+,25-/m1/s1. The second-order valence-corrected chi connectivity index (χ2v) is 10.8. The number of amides is 1. The molecule has 1 aliphatic carbocycles. The Morgan fingerprint density at radius 3 is 2.75 bits per heavy atom. The number of pyridine rings is 1. The van der Waals surface area contributed by atoms with Gasteiger partial charge in [-0.05, 0) is 59.7 Å². The Morgan fingerprint density at radius 2 is 1.94 bits per heavy atom. The topological polar surface area (TPSA) is 59.8 Å². The molecule has 1 saturated carbocycles. The van der Waals surface area contributed by atoms with Crippen molar-refractivity contribution in [3.8, 4) is 0 Å². The Labute approximate surface area is 215 Å². The molecule has 4 aromatic rings. The molecule has 5 rings (SSSR count). The average molecular weight is 503 g/mol. The van der Waals surface area contributed by atoms with Gasteiger partial charge in [-0.25, -0.2) is 9.37 Å². The molecule has 3 atom stereocenters. The van der Waals surface area contributed by atoms with Crippen LogP contribution in [0, 0.1) is 17.7 Å². The van der Waals surface area contributed by atoms with Crippen molar-refractivity contribution in [1.82, 2.24) is 19.9 Å². The molecule has 7 heteroatoms. The second-order valence-electron chi connectivity index (χ2n) is 9.81. The van der Waals surface area contributed by atoms with Crippen molar-refractivity contribution in [2.75, 3.05) is 0 Å². The van der Waals surface area contributed by atoms with Gasteiger partial charge in [0.25, 0.3) is 5.91 Å². The SMILES string of the molecule is C[C@H]1[C@H](C)CCC[C@H]1NC(=O)c1ccc(CSc2nc3ccncc3n2Cc2cccc(F)c2)cc1. The molecular formula is C29H31FN4OS. The number of carbonyl (C=O) groups excluding carboxylic acids is 1. The van der Waals surface area contributed by atoms with E-state index in [9.17, 15) is 9.18 Å². The predicted octanol–water partition coefficient (Wildman–Crippen LogP) is 6.47. The van der Waals surface area contributed by atoms with Gasteiger partial charge in [0.05, 0.1) is 23.8 Å². The van der Waals surface area contributed by atoms with Gasteiger partial charge in [0.15, 0.2) is 5.16 Å². The summed E-state index contributed by atoms with van der Waals surface area (Å²) >= 11 is 1.62. The number of aromatic nitrogens is 3. The van der Waals surface area contributed by atoms with Crippen molar-refractivity contribution in [3.05, 3.63) is 89.5 Å². The normalized spacial score (nSPS) is 19.9. The number of thioether (sulfide) groups is 1. The van der Waals surface area contributed by atoms with Crippen LogP contribution in [0.25, 0.3) is 11.0 Å². The van der Waals surface area contributed by atoms with E-state index < -0.39 is 0 Å². The number of nitrogens with zero attached hydrogens (tertiary/aromatic N) is 3. The van der Waals surface area contributed by atoms with Crippen LogP contribution in [0.2, 0.25) is 0 Å². The summed E-state index contributed by atoms with van der Waals surface area (Å²) in [4.78, 5) is 21.9. The highest BCUT2D eigenvalue weighted by molar-refractivity contribution is 7.98. The van der Waals surface area contributed by atoms with Crippen LogP contribution < -0.4 is 5.32 Å². The lowest BCUT2D eigenvalue weighted by atomic mass is 9.78. The Hall–Kier alpha value is -3.19. The average Bonchev–Trinajstić information content (AvgIpc) is 3.23. The summed E-state index contributed by atoms with van der Waals surface area (Å²) in [5, 5.41) is 4.10. The lowest BCUT2D eigenvalue weighted by molar-refractivity contribution is 0.0891. The third-order valence-corrected chi connectivity index (χ3v) is 8.40. The molecule has 2 heterocycles. The molecule has 1 N–H and O–H groups in total. The Balaban J connectivity index is 1.27. The van der Waals surface area contributed by atoms with Gasteiger partial charge in [-0.3, -0.25) is 9.78 Å². The number of imidazole rings is 1. The third-order valence-electron chi connectivity index (χ3n) is 7.35. The van der Waals surface area contributed by atoms with Gasteiger partial charge in [-0.15, -0.1) is 0 Å². The third kappa shape index (κ3) is 5.46. The molecule has 0 radical (unpaired) electrons. The van der Waals surface area contributed by atoms with Crippen LogP contribution in [0.3, 0.4) is 0 Å². The second kappa shape index (κ2) is 10.8. The molecule has 0 unspecified atom stereocenters. The summed E-state index contributed by atoms with van der Waals surface area (Å²) in [7, 11) is 0. The molecule has 2 aromatic heterocycles. The summed E-state index contributed by atoms with van der Waals surface area (Å²) < 4.78 is 15.8. The molecule has 1 fully saturated rings. The van der Waals surface area contributed by atoms with Crippen LogP contribution in [-0.4, -0.2) is 26.5 Å². The largest absolute Gasteiger partial charge is 0.349 e. The van der Waals surface area contributed by atoms with Crippen LogP contribution in [0.5, 0.6) is 0 Å². The molecule has 0 aliphatic heterocycles. The first-order valence-electron chi connectivity index (χ1n) is 12.6. The van der Waals surface area contributed by atoms with E-state index in [1.54, 1.807) is 36.3 Å². The van der Waals surface area contributed by atoms with Crippen molar-refractivity contribution in [1.29, 1.82) is 0 Å². The summed E-state index contributed by atoms with van der Waals surface area (Å²) in [6, 6.07) is 16.6. The fraction of sp³-hybridized carbons (Fsp3) is 0.345. The smallest absolute Gasteiger partial charge is 0.251 e. The van der Waals surface area contributed by atoms with Crippen molar-refractivity contribution in [2.24, 2.45) is 11.8 Å². The number of rotatable bonds is 7. The number of hydrogen-bond donors (Lipinski definition) is 1. The van der Waals surface area contributed by atoms with Crippen molar-refractivity contribution < 1.29 is 9.18 Å². The van der Waals surface area contributed by atoms with Crippen molar-refractivity contribution in [2.45, 2.75) is 56.6 Å². The monoisotopic (exact) mass is 502 g/mol. The molecular weight excluding hydrogens is 471 g/mol. The molecule has 36 heavy (non-hydrogen) atoms. The summed E-state index contributed by atoms with van der Waals surface area (Å²) in [5.74, 6) is 1.61. The molecule has 5 nitrogen and oxygen atoms in total. The molecule has 186 valence electrons. The maximum atomic E-state index is 13.8. The number of carbonyl (C=O) groups is 1. The maximum Gasteiger partial charge on any atom is 0.251 e. The van der Waals surface area contributed by atoms with Gasteiger partial charge in [0, 0.05) is 23.6 Å². The minimum atomic E-state index is -0.249. The van der Waals surface area contributed by atoms with E-state index in [1.165, 1.54) is 18.9 Å². The van der Waals surface area contributed by atoms with Crippen molar-refractivity contribution >= 4 is 28.7 Å². The van der Waals surface area contributed by atoms with Gasteiger partial charge >= 0.3 is 0 Å². The van der Waals surface area contributed by atoms with Gasteiger partial charge in [0.2, 0.25) is 0 Å². The molecule has 0 spiro atoms. The van der Waals surface area contributed by atoms with Crippen LogP contribution in [0.4, 0.5) is 4.39 Å². The first-order chi connectivity index (χ1) is 17.5. The zero-order valence-electron chi connectivity index (χ0n) is 20.7. The summed E-state index contributed by atoms with van der Waals surface area (Å²) in [6.07, 6.45) is 7.00. The fourth-order valence-corrected chi connectivity index (χ4v) is 5.94. The molecule has 1 amide bonds. The molecule has 0 bridgehead atoms.